The Hall–Kier alpha value is -1.49. The van der Waals surface area contributed by atoms with E-state index in [0.717, 1.165) is 17.6 Å². The number of thioether (sulfide) groups is 1. The van der Waals surface area contributed by atoms with Gasteiger partial charge in [0.1, 0.15) is 0 Å². The van der Waals surface area contributed by atoms with Crippen LogP contribution in [0.15, 0.2) is 24.5 Å². The first-order chi connectivity index (χ1) is 9.33. The molecule has 1 aromatic heterocycles. The Labute approximate surface area is 116 Å². The Kier molecular flexibility index (Phi) is 3.73. The van der Waals surface area contributed by atoms with Crippen molar-refractivity contribution in [3.8, 4) is 0 Å². The lowest BCUT2D eigenvalue weighted by Gasteiger charge is -2.21. The summed E-state index contributed by atoms with van der Waals surface area (Å²) in [7, 11) is 0. The molecule has 1 saturated heterocycles. The number of aromatic amines is 1. The predicted octanol–water partition coefficient (Wildman–Crippen LogP) is 2.58. The van der Waals surface area contributed by atoms with Crippen LogP contribution in [0.4, 0.5) is 0 Å². The summed E-state index contributed by atoms with van der Waals surface area (Å²) >= 11 is 1.97. The highest BCUT2D eigenvalue weighted by Crippen LogP contribution is 2.24. The molecule has 5 heteroatoms. The first-order valence-corrected chi connectivity index (χ1v) is 7.71. The lowest BCUT2D eigenvalue weighted by Crippen LogP contribution is -2.31. The third-order valence-electron chi connectivity index (χ3n) is 3.45. The molecule has 1 fully saturated rings. The molecule has 0 spiro atoms. The van der Waals surface area contributed by atoms with Gasteiger partial charge in [0.05, 0.1) is 17.4 Å². The molecule has 2 aromatic rings. The van der Waals surface area contributed by atoms with E-state index in [2.05, 4.69) is 15.3 Å². The zero-order valence-electron chi connectivity index (χ0n) is 10.7. The third-order valence-corrected chi connectivity index (χ3v) is 4.84. The van der Waals surface area contributed by atoms with Gasteiger partial charge >= 0.3 is 0 Å². The SMILES string of the molecule is O=C(NCC1CCCCS1)c1ccc2nc[nH]c2c1. The van der Waals surface area contributed by atoms with Gasteiger partial charge in [-0.3, -0.25) is 4.79 Å². The van der Waals surface area contributed by atoms with Crippen LogP contribution >= 0.6 is 11.8 Å². The van der Waals surface area contributed by atoms with Crippen LogP contribution in [0.5, 0.6) is 0 Å². The second kappa shape index (κ2) is 5.65. The highest BCUT2D eigenvalue weighted by molar-refractivity contribution is 7.99. The van der Waals surface area contributed by atoms with Crippen LogP contribution in [-0.4, -0.2) is 33.4 Å². The van der Waals surface area contributed by atoms with E-state index >= 15 is 0 Å². The number of nitrogens with zero attached hydrogens (tertiary/aromatic N) is 1. The van der Waals surface area contributed by atoms with E-state index in [0.29, 0.717) is 10.8 Å². The van der Waals surface area contributed by atoms with Crippen molar-refractivity contribution in [1.82, 2.24) is 15.3 Å². The minimum Gasteiger partial charge on any atom is -0.351 e. The monoisotopic (exact) mass is 275 g/mol. The molecule has 4 nitrogen and oxygen atoms in total. The van der Waals surface area contributed by atoms with Crippen molar-refractivity contribution in [2.45, 2.75) is 24.5 Å². The van der Waals surface area contributed by atoms with Crippen molar-refractivity contribution in [2.24, 2.45) is 0 Å². The fraction of sp³-hybridized carbons (Fsp3) is 0.429. The van der Waals surface area contributed by atoms with Crippen molar-refractivity contribution in [1.29, 1.82) is 0 Å². The second-order valence-electron chi connectivity index (χ2n) is 4.83. The van der Waals surface area contributed by atoms with Crippen molar-refractivity contribution in [2.75, 3.05) is 12.3 Å². The molecule has 1 aromatic carbocycles. The Bertz CT molecular complexity index is 575. The molecule has 2 N–H and O–H groups in total. The maximum Gasteiger partial charge on any atom is 0.251 e. The highest BCUT2D eigenvalue weighted by atomic mass is 32.2. The number of carbonyl (C=O) groups is 1. The van der Waals surface area contributed by atoms with Gasteiger partial charge in [0.2, 0.25) is 0 Å². The normalized spacial score (nSPS) is 19.5. The van der Waals surface area contributed by atoms with E-state index in [4.69, 9.17) is 0 Å². The molecule has 0 radical (unpaired) electrons. The molecule has 0 saturated carbocycles. The number of rotatable bonds is 3. The van der Waals surface area contributed by atoms with Crippen molar-refractivity contribution < 1.29 is 4.79 Å². The number of benzene rings is 1. The van der Waals surface area contributed by atoms with Crippen LogP contribution in [0, 0.1) is 0 Å². The Balaban J connectivity index is 1.62. The van der Waals surface area contributed by atoms with Crippen LogP contribution in [0.25, 0.3) is 11.0 Å². The quantitative estimate of drug-likeness (QED) is 0.905. The largest absolute Gasteiger partial charge is 0.351 e. The van der Waals surface area contributed by atoms with Gasteiger partial charge in [0.25, 0.3) is 5.91 Å². The first kappa shape index (κ1) is 12.5. The lowest BCUT2D eigenvalue weighted by molar-refractivity contribution is 0.0953. The van der Waals surface area contributed by atoms with Crippen molar-refractivity contribution in [3.63, 3.8) is 0 Å². The summed E-state index contributed by atoms with van der Waals surface area (Å²) in [5.74, 6) is 1.23. The topological polar surface area (TPSA) is 57.8 Å². The molecule has 0 bridgehead atoms. The Morgan fingerprint density at radius 1 is 1.47 bits per heavy atom. The molecular formula is C14H17N3OS. The fourth-order valence-electron chi connectivity index (χ4n) is 2.35. The maximum atomic E-state index is 12.1. The minimum atomic E-state index is 0.00248. The lowest BCUT2D eigenvalue weighted by atomic mass is 10.1. The zero-order chi connectivity index (χ0) is 13.1. The summed E-state index contributed by atoms with van der Waals surface area (Å²) in [5.41, 5.74) is 2.48. The molecular weight excluding hydrogens is 258 g/mol. The standard InChI is InChI=1S/C14H17N3OS/c18-14(15-8-11-3-1-2-6-19-11)10-4-5-12-13(7-10)17-9-16-12/h4-5,7,9,11H,1-3,6,8H2,(H,15,18)(H,16,17). The smallest absolute Gasteiger partial charge is 0.251 e. The molecule has 1 aliphatic rings. The molecule has 0 aliphatic carbocycles. The number of imidazole rings is 1. The van der Waals surface area contributed by atoms with Gasteiger partial charge in [-0.05, 0) is 36.8 Å². The van der Waals surface area contributed by atoms with Gasteiger partial charge in [-0.25, -0.2) is 4.98 Å². The summed E-state index contributed by atoms with van der Waals surface area (Å²) in [6, 6.07) is 5.55. The molecule has 1 aliphatic heterocycles. The van der Waals surface area contributed by atoms with E-state index in [1.807, 2.05) is 30.0 Å². The van der Waals surface area contributed by atoms with Gasteiger partial charge in [0, 0.05) is 17.4 Å². The molecule has 3 rings (SSSR count). The number of H-pyrrole nitrogens is 1. The number of fused-ring (bicyclic) bond motifs is 1. The van der Waals surface area contributed by atoms with Gasteiger partial charge in [-0.15, -0.1) is 0 Å². The minimum absolute atomic E-state index is 0.00248. The van der Waals surface area contributed by atoms with Gasteiger partial charge in [-0.2, -0.15) is 11.8 Å². The average Bonchev–Trinajstić information content (AvgIpc) is 2.93. The first-order valence-electron chi connectivity index (χ1n) is 6.66. The fourth-order valence-corrected chi connectivity index (χ4v) is 3.59. The molecule has 19 heavy (non-hydrogen) atoms. The summed E-state index contributed by atoms with van der Waals surface area (Å²) in [6.07, 6.45) is 5.45. The third kappa shape index (κ3) is 2.92. The van der Waals surface area contributed by atoms with E-state index in [1.54, 1.807) is 6.33 Å². The van der Waals surface area contributed by atoms with Crippen LogP contribution in [-0.2, 0) is 0 Å². The van der Waals surface area contributed by atoms with E-state index in [-0.39, 0.29) is 5.91 Å². The number of hydrogen-bond donors (Lipinski definition) is 2. The Morgan fingerprint density at radius 2 is 2.42 bits per heavy atom. The number of aromatic nitrogens is 2. The molecule has 100 valence electrons. The van der Waals surface area contributed by atoms with E-state index in [9.17, 15) is 4.79 Å². The van der Waals surface area contributed by atoms with Gasteiger partial charge in [0.15, 0.2) is 0 Å². The number of hydrogen-bond acceptors (Lipinski definition) is 3. The molecule has 1 unspecified atom stereocenters. The summed E-state index contributed by atoms with van der Waals surface area (Å²) in [4.78, 5) is 19.3. The summed E-state index contributed by atoms with van der Waals surface area (Å²) < 4.78 is 0. The number of carbonyl (C=O) groups excluding carboxylic acids is 1. The van der Waals surface area contributed by atoms with Crippen LogP contribution in [0.2, 0.25) is 0 Å². The number of nitrogens with one attached hydrogen (secondary N) is 2. The zero-order valence-corrected chi connectivity index (χ0v) is 11.5. The van der Waals surface area contributed by atoms with E-state index < -0.39 is 0 Å². The molecule has 1 atom stereocenters. The Morgan fingerprint density at radius 3 is 3.26 bits per heavy atom. The average molecular weight is 275 g/mol. The van der Waals surface area contributed by atoms with Crippen LogP contribution < -0.4 is 5.32 Å². The second-order valence-corrected chi connectivity index (χ2v) is 6.24. The summed E-state index contributed by atoms with van der Waals surface area (Å²) in [6.45, 7) is 0.768. The molecule has 2 heterocycles. The molecule has 1 amide bonds. The van der Waals surface area contributed by atoms with Gasteiger partial charge in [-0.1, -0.05) is 6.42 Å². The summed E-state index contributed by atoms with van der Waals surface area (Å²) in [5, 5.41) is 3.61. The predicted molar refractivity (Wildman–Crippen MR) is 78.5 cm³/mol. The maximum absolute atomic E-state index is 12.1. The van der Waals surface area contributed by atoms with Crippen LogP contribution in [0.1, 0.15) is 29.6 Å². The van der Waals surface area contributed by atoms with Crippen LogP contribution in [0.3, 0.4) is 0 Å². The number of amides is 1. The van der Waals surface area contributed by atoms with Crippen molar-refractivity contribution in [3.05, 3.63) is 30.1 Å². The van der Waals surface area contributed by atoms with Crippen molar-refractivity contribution >= 4 is 28.7 Å². The van der Waals surface area contributed by atoms with Gasteiger partial charge < -0.3 is 10.3 Å². The highest BCUT2D eigenvalue weighted by Gasteiger charge is 2.15. The van der Waals surface area contributed by atoms with E-state index in [1.165, 1.54) is 25.0 Å².